The molecule has 0 spiro atoms. The third-order valence-electron chi connectivity index (χ3n) is 1.39. The fourth-order valence-electron chi connectivity index (χ4n) is 0.760. The molecule has 3 heteroatoms. The van der Waals surface area contributed by atoms with E-state index in [-0.39, 0.29) is 0 Å². The van der Waals surface area contributed by atoms with Gasteiger partial charge in [0.15, 0.2) is 5.22 Å². The van der Waals surface area contributed by atoms with E-state index in [1.807, 2.05) is 6.07 Å². The molecule has 1 heterocycles. The Morgan fingerprint density at radius 1 is 1.64 bits per heavy atom. The summed E-state index contributed by atoms with van der Waals surface area (Å²) in [4.78, 5) is 0. The molecule has 11 heavy (non-hydrogen) atoms. The molecule has 2 nitrogen and oxygen atoms in total. The molecule has 0 atom stereocenters. The predicted octanol–water partition coefficient (Wildman–Crippen LogP) is 2.43. The van der Waals surface area contributed by atoms with Crippen molar-refractivity contribution >= 4 is 11.6 Å². The molecular formula is C8H12ClNO. The van der Waals surface area contributed by atoms with Crippen molar-refractivity contribution in [3.8, 4) is 0 Å². The quantitative estimate of drug-likeness (QED) is 0.760. The highest BCUT2D eigenvalue weighted by Gasteiger charge is 2.02. The SMILES string of the molecule is CC(C)NCc1ccoc1Cl. The van der Waals surface area contributed by atoms with E-state index in [1.54, 1.807) is 6.26 Å². The zero-order chi connectivity index (χ0) is 8.27. The lowest BCUT2D eigenvalue weighted by Crippen LogP contribution is -2.21. The maximum absolute atomic E-state index is 5.72. The topological polar surface area (TPSA) is 25.2 Å². The van der Waals surface area contributed by atoms with Gasteiger partial charge in [-0.1, -0.05) is 13.8 Å². The molecule has 1 aromatic heterocycles. The first-order valence-electron chi connectivity index (χ1n) is 3.65. The summed E-state index contributed by atoms with van der Waals surface area (Å²) in [6, 6.07) is 2.35. The summed E-state index contributed by atoms with van der Waals surface area (Å²) in [6.45, 7) is 4.95. The van der Waals surface area contributed by atoms with Gasteiger partial charge in [0, 0.05) is 18.2 Å². The van der Waals surface area contributed by atoms with E-state index in [0.717, 1.165) is 12.1 Å². The maximum atomic E-state index is 5.72. The maximum Gasteiger partial charge on any atom is 0.197 e. The van der Waals surface area contributed by atoms with Crippen LogP contribution in [-0.4, -0.2) is 6.04 Å². The molecule has 0 aliphatic rings. The smallest absolute Gasteiger partial charge is 0.197 e. The van der Waals surface area contributed by atoms with Crippen molar-refractivity contribution in [2.45, 2.75) is 26.4 Å². The second-order valence-corrected chi connectivity index (χ2v) is 3.10. The number of nitrogens with one attached hydrogen (secondary N) is 1. The Hall–Kier alpha value is -0.470. The van der Waals surface area contributed by atoms with E-state index in [1.165, 1.54) is 0 Å². The summed E-state index contributed by atoms with van der Waals surface area (Å²) >= 11 is 5.72. The minimum atomic E-state index is 0.473. The van der Waals surface area contributed by atoms with Gasteiger partial charge >= 0.3 is 0 Å². The number of halogens is 1. The molecule has 0 fully saturated rings. The first-order valence-corrected chi connectivity index (χ1v) is 4.03. The van der Waals surface area contributed by atoms with Crippen molar-refractivity contribution in [1.29, 1.82) is 0 Å². The summed E-state index contributed by atoms with van der Waals surface area (Å²) in [5, 5.41) is 3.73. The van der Waals surface area contributed by atoms with Crippen molar-refractivity contribution in [3.05, 3.63) is 23.1 Å². The van der Waals surface area contributed by atoms with Crippen LogP contribution >= 0.6 is 11.6 Å². The normalized spacial score (nSPS) is 10.9. The molecule has 0 aromatic carbocycles. The van der Waals surface area contributed by atoms with Gasteiger partial charge in [0.05, 0.1) is 6.26 Å². The van der Waals surface area contributed by atoms with Gasteiger partial charge in [-0.3, -0.25) is 0 Å². The highest BCUT2D eigenvalue weighted by molar-refractivity contribution is 6.29. The Balaban J connectivity index is 2.44. The van der Waals surface area contributed by atoms with Crippen molar-refractivity contribution in [3.63, 3.8) is 0 Å². The van der Waals surface area contributed by atoms with Crippen molar-refractivity contribution in [2.24, 2.45) is 0 Å². The van der Waals surface area contributed by atoms with Gasteiger partial charge in [0.1, 0.15) is 0 Å². The molecule has 1 aromatic rings. The molecule has 0 radical (unpaired) electrons. The molecule has 0 saturated carbocycles. The molecule has 0 aliphatic heterocycles. The van der Waals surface area contributed by atoms with Gasteiger partial charge in [-0.15, -0.1) is 0 Å². The fraction of sp³-hybridized carbons (Fsp3) is 0.500. The van der Waals surface area contributed by atoms with Gasteiger partial charge < -0.3 is 9.73 Å². The zero-order valence-electron chi connectivity index (χ0n) is 6.73. The zero-order valence-corrected chi connectivity index (χ0v) is 7.48. The van der Waals surface area contributed by atoms with Crippen LogP contribution in [0.2, 0.25) is 5.22 Å². The highest BCUT2D eigenvalue weighted by Crippen LogP contribution is 2.15. The van der Waals surface area contributed by atoms with E-state index in [9.17, 15) is 0 Å². The van der Waals surface area contributed by atoms with Crippen LogP contribution in [-0.2, 0) is 6.54 Å². The molecular weight excluding hydrogens is 162 g/mol. The Bertz CT molecular complexity index is 220. The van der Waals surface area contributed by atoms with E-state index in [2.05, 4.69) is 19.2 Å². The van der Waals surface area contributed by atoms with Gasteiger partial charge in [-0.2, -0.15) is 0 Å². The Morgan fingerprint density at radius 2 is 2.36 bits per heavy atom. The third-order valence-corrected chi connectivity index (χ3v) is 1.73. The molecule has 0 bridgehead atoms. The monoisotopic (exact) mass is 173 g/mol. The fourth-order valence-corrected chi connectivity index (χ4v) is 0.941. The van der Waals surface area contributed by atoms with E-state index < -0.39 is 0 Å². The molecule has 0 amide bonds. The lowest BCUT2D eigenvalue weighted by atomic mass is 10.3. The van der Waals surface area contributed by atoms with Crippen LogP contribution in [0, 0.1) is 0 Å². The Labute approximate surface area is 71.5 Å². The minimum Gasteiger partial charge on any atom is -0.453 e. The average molecular weight is 174 g/mol. The van der Waals surface area contributed by atoms with E-state index >= 15 is 0 Å². The predicted molar refractivity (Wildman–Crippen MR) is 45.7 cm³/mol. The highest BCUT2D eigenvalue weighted by atomic mass is 35.5. The first-order chi connectivity index (χ1) is 5.20. The van der Waals surface area contributed by atoms with Crippen molar-refractivity contribution in [1.82, 2.24) is 5.32 Å². The van der Waals surface area contributed by atoms with Crippen LogP contribution in [0.4, 0.5) is 0 Å². The van der Waals surface area contributed by atoms with Crippen molar-refractivity contribution < 1.29 is 4.42 Å². The van der Waals surface area contributed by atoms with E-state index in [0.29, 0.717) is 11.3 Å². The first kappa shape index (κ1) is 8.62. The van der Waals surface area contributed by atoms with Crippen LogP contribution < -0.4 is 5.32 Å². The third kappa shape index (κ3) is 2.56. The Morgan fingerprint density at radius 3 is 2.82 bits per heavy atom. The minimum absolute atomic E-state index is 0.473. The summed E-state index contributed by atoms with van der Waals surface area (Å²) < 4.78 is 4.92. The van der Waals surface area contributed by atoms with Crippen LogP contribution in [0.25, 0.3) is 0 Å². The standard InChI is InChI=1S/C8H12ClNO/c1-6(2)10-5-7-3-4-11-8(7)9/h3-4,6,10H,5H2,1-2H3. The average Bonchev–Trinajstić information content (AvgIpc) is 2.31. The van der Waals surface area contributed by atoms with Crippen LogP contribution in [0.3, 0.4) is 0 Å². The second kappa shape index (κ2) is 3.79. The number of furan rings is 1. The van der Waals surface area contributed by atoms with Crippen LogP contribution in [0.1, 0.15) is 19.4 Å². The molecule has 0 unspecified atom stereocenters. The molecule has 1 N–H and O–H groups in total. The van der Waals surface area contributed by atoms with Gasteiger partial charge in [-0.05, 0) is 17.7 Å². The lowest BCUT2D eigenvalue weighted by molar-refractivity contribution is 0.553. The number of hydrogen-bond donors (Lipinski definition) is 1. The van der Waals surface area contributed by atoms with Crippen molar-refractivity contribution in [2.75, 3.05) is 0 Å². The van der Waals surface area contributed by atoms with Crippen LogP contribution in [0.15, 0.2) is 16.7 Å². The van der Waals surface area contributed by atoms with Gasteiger partial charge in [-0.25, -0.2) is 0 Å². The summed E-state index contributed by atoms with van der Waals surface area (Å²) in [5.74, 6) is 0. The summed E-state index contributed by atoms with van der Waals surface area (Å²) in [6.07, 6.45) is 1.60. The molecule has 1 rings (SSSR count). The summed E-state index contributed by atoms with van der Waals surface area (Å²) in [7, 11) is 0. The second-order valence-electron chi connectivity index (χ2n) is 2.76. The Kier molecular flexibility index (Phi) is 2.97. The molecule has 0 saturated heterocycles. The van der Waals surface area contributed by atoms with Gasteiger partial charge in [0.2, 0.25) is 0 Å². The lowest BCUT2D eigenvalue weighted by Gasteiger charge is -2.05. The molecule has 0 aliphatic carbocycles. The number of rotatable bonds is 3. The largest absolute Gasteiger partial charge is 0.453 e. The van der Waals surface area contributed by atoms with Gasteiger partial charge in [0.25, 0.3) is 0 Å². The van der Waals surface area contributed by atoms with Crippen LogP contribution in [0.5, 0.6) is 0 Å². The summed E-state index contributed by atoms with van der Waals surface area (Å²) in [5.41, 5.74) is 1.01. The number of hydrogen-bond acceptors (Lipinski definition) is 2. The van der Waals surface area contributed by atoms with E-state index in [4.69, 9.17) is 16.0 Å². The molecule has 62 valence electrons.